The van der Waals surface area contributed by atoms with Crippen LogP contribution in [0.25, 0.3) is 5.69 Å². The highest BCUT2D eigenvalue weighted by Gasteiger charge is 2.35. The molecular weight excluding hydrogens is 429 g/mol. The molecule has 0 aliphatic carbocycles. The van der Waals surface area contributed by atoms with Gasteiger partial charge in [-0.3, -0.25) is 9.59 Å². The van der Waals surface area contributed by atoms with Gasteiger partial charge in [-0.1, -0.05) is 12.1 Å². The summed E-state index contributed by atoms with van der Waals surface area (Å²) in [6.45, 7) is -0.152. The predicted molar refractivity (Wildman–Crippen MR) is 107 cm³/mol. The van der Waals surface area contributed by atoms with Crippen LogP contribution in [-0.2, 0) is 5.92 Å². The van der Waals surface area contributed by atoms with Crippen LogP contribution in [0.15, 0.2) is 53.5 Å². The lowest BCUT2D eigenvalue weighted by atomic mass is 10.0. The highest BCUT2D eigenvalue weighted by molar-refractivity contribution is 5.92. The van der Waals surface area contributed by atoms with E-state index in [4.69, 9.17) is 9.84 Å². The molecule has 0 saturated heterocycles. The van der Waals surface area contributed by atoms with Gasteiger partial charge >= 0.3 is 0 Å². The van der Waals surface area contributed by atoms with Crippen molar-refractivity contribution in [1.29, 1.82) is 0 Å². The Morgan fingerprint density at radius 2 is 2.03 bits per heavy atom. The standard InChI is InChI=1S/C21H19F3N4O4/c1-12(14-4-3-5-15(19(14)22)21(23,24)11-29)26-20(31)16-6-7-18(30)28(27-16)13-8-9-25-17(10-13)32-2/h3-10,12,29H,11H2,1-2H3,(H,26,31)/t12-/m1/s1. The summed E-state index contributed by atoms with van der Waals surface area (Å²) < 4.78 is 48.2. The number of rotatable bonds is 7. The summed E-state index contributed by atoms with van der Waals surface area (Å²) in [5.41, 5.74) is -1.56. The molecule has 0 radical (unpaired) electrons. The van der Waals surface area contributed by atoms with E-state index >= 15 is 0 Å². The third-order valence-corrected chi connectivity index (χ3v) is 4.64. The van der Waals surface area contributed by atoms with Crippen LogP contribution in [0.5, 0.6) is 5.88 Å². The van der Waals surface area contributed by atoms with Crippen molar-refractivity contribution in [2.45, 2.75) is 18.9 Å². The van der Waals surface area contributed by atoms with Gasteiger partial charge in [0.1, 0.15) is 18.1 Å². The van der Waals surface area contributed by atoms with Crippen molar-refractivity contribution >= 4 is 5.91 Å². The van der Waals surface area contributed by atoms with Crippen LogP contribution < -0.4 is 15.6 Å². The number of nitrogens with zero attached hydrogens (tertiary/aromatic N) is 3. The lowest BCUT2D eigenvalue weighted by Gasteiger charge is -2.20. The van der Waals surface area contributed by atoms with Gasteiger partial charge in [0.25, 0.3) is 17.4 Å². The number of benzene rings is 1. The maximum Gasteiger partial charge on any atom is 0.298 e. The molecule has 11 heteroatoms. The molecule has 2 heterocycles. The Labute approximate surface area is 180 Å². The number of nitrogens with one attached hydrogen (secondary N) is 1. The molecule has 1 aromatic carbocycles. The molecule has 32 heavy (non-hydrogen) atoms. The molecule has 0 spiro atoms. The molecule has 8 nitrogen and oxygen atoms in total. The van der Waals surface area contributed by atoms with Crippen LogP contribution in [-0.4, -0.2) is 39.5 Å². The molecule has 1 atom stereocenters. The van der Waals surface area contributed by atoms with Gasteiger partial charge in [-0.15, -0.1) is 0 Å². The first-order valence-corrected chi connectivity index (χ1v) is 9.37. The van der Waals surface area contributed by atoms with Gasteiger partial charge in [-0.05, 0) is 25.1 Å². The number of carbonyl (C=O) groups excluding carboxylic acids is 1. The first kappa shape index (κ1) is 22.9. The van der Waals surface area contributed by atoms with Gasteiger partial charge in [0.2, 0.25) is 5.88 Å². The van der Waals surface area contributed by atoms with Gasteiger partial charge in [-0.2, -0.15) is 18.6 Å². The average Bonchev–Trinajstić information content (AvgIpc) is 2.79. The topological polar surface area (TPSA) is 106 Å². The van der Waals surface area contributed by atoms with E-state index in [1.807, 2.05) is 0 Å². The van der Waals surface area contributed by atoms with Crippen molar-refractivity contribution in [2.24, 2.45) is 0 Å². The molecule has 0 bridgehead atoms. The molecule has 0 unspecified atom stereocenters. The third kappa shape index (κ3) is 4.62. The Hall–Kier alpha value is -3.73. The quantitative estimate of drug-likeness (QED) is 0.575. The second-order valence-electron chi connectivity index (χ2n) is 6.79. The Kier molecular flexibility index (Phi) is 6.58. The van der Waals surface area contributed by atoms with E-state index in [1.165, 1.54) is 50.6 Å². The van der Waals surface area contributed by atoms with E-state index in [1.54, 1.807) is 0 Å². The minimum absolute atomic E-state index is 0.163. The number of methoxy groups -OCH3 is 1. The maximum atomic E-state index is 14.6. The van der Waals surface area contributed by atoms with Gasteiger partial charge in [0.15, 0.2) is 0 Å². The number of halogens is 3. The van der Waals surface area contributed by atoms with E-state index in [9.17, 15) is 22.8 Å². The highest BCUT2D eigenvalue weighted by Crippen LogP contribution is 2.32. The molecule has 2 aromatic heterocycles. The van der Waals surface area contributed by atoms with E-state index in [0.29, 0.717) is 5.69 Å². The number of hydrogen-bond acceptors (Lipinski definition) is 6. The van der Waals surface area contributed by atoms with Crippen molar-refractivity contribution in [2.75, 3.05) is 13.7 Å². The zero-order valence-electron chi connectivity index (χ0n) is 17.1. The lowest BCUT2D eigenvalue weighted by Crippen LogP contribution is -2.31. The highest BCUT2D eigenvalue weighted by atomic mass is 19.3. The fourth-order valence-electron chi connectivity index (χ4n) is 2.96. The van der Waals surface area contributed by atoms with Crippen molar-refractivity contribution in [3.63, 3.8) is 0 Å². The maximum absolute atomic E-state index is 14.6. The first-order valence-electron chi connectivity index (χ1n) is 9.37. The summed E-state index contributed by atoms with van der Waals surface area (Å²) in [6, 6.07) is 7.55. The number of carbonyl (C=O) groups is 1. The fraction of sp³-hybridized carbons (Fsp3) is 0.238. The molecule has 0 aliphatic heterocycles. The number of amides is 1. The smallest absolute Gasteiger partial charge is 0.298 e. The molecule has 168 valence electrons. The van der Waals surface area contributed by atoms with Crippen molar-refractivity contribution in [1.82, 2.24) is 20.1 Å². The monoisotopic (exact) mass is 448 g/mol. The van der Waals surface area contributed by atoms with Gasteiger partial charge in [0, 0.05) is 23.9 Å². The SMILES string of the molecule is COc1cc(-n2nc(C(=O)N[C@H](C)c3cccc(C(F)(F)CO)c3F)ccc2=O)ccn1. The van der Waals surface area contributed by atoms with Gasteiger partial charge in [-0.25, -0.2) is 9.37 Å². The Bertz CT molecular complexity index is 1200. The minimum Gasteiger partial charge on any atom is -0.481 e. The second kappa shape index (κ2) is 9.18. The zero-order chi connectivity index (χ0) is 23.5. The van der Waals surface area contributed by atoms with Crippen molar-refractivity contribution in [3.05, 3.63) is 81.7 Å². The number of aliphatic hydroxyl groups is 1. The van der Waals surface area contributed by atoms with Crippen LogP contribution >= 0.6 is 0 Å². The van der Waals surface area contributed by atoms with Crippen LogP contribution in [0, 0.1) is 5.82 Å². The van der Waals surface area contributed by atoms with E-state index in [2.05, 4.69) is 15.4 Å². The fourth-order valence-corrected chi connectivity index (χ4v) is 2.96. The van der Waals surface area contributed by atoms with Crippen LogP contribution in [0.1, 0.15) is 34.6 Å². The Morgan fingerprint density at radius 1 is 1.28 bits per heavy atom. The van der Waals surface area contributed by atoms with E-state index in [-0.39, 0.29) is 17.1 Å². The summed E-state index contributed by atoms with van der Waals surface area (Å²) in [4.78, 5) is 28.8. The normalized spacial score (nSPS) is 12.3. The number of ether oxygens (including phenoxy) is 1. The van der Waals surface area contributed by atoms with Crippen LogP contribution in [0.4, 0.5) is 13.2 Å². The van der Waals surface area contributed by atoms with Crippen molar-refractivity contribution in [3.8, 4) is 11.6 Å². The molecule has 2 N–H and O–H groups in total. The second-order valence-corrected chi connectivity index (χ2v) is 6.79. The largest absolute Gasteiger partial charge is 0.481 e. The lowest BCUT2D eigenvalue weighted by molar-refractivity contribution is -0.0584. The minimum atomic E-state index is -3.77. The number of aliphatic hydroxyl groups excluding tert-OH is 1. The number of alkyl halides is 2. The third-order valence-electron chi connectivity index (χ3n) is 4.64. The molecule has 0 aliphatic rings. The zero-order valence-corrected chi connectivity index (χ0v) is 17.1. The first-order chi connectivity index (χ1) is 15.2. The summed E-state index contributed by atoms with van der Waals surface area (Å²) in [5, 5.41) is 15.3. The summed E-state index contributed by atoms with van der Waals surface area (Å²) >= 11 is 0. The molecule has 1 amide bonds. The molecular formula is C21H19F3N4O4. The number of aromatic nitrogens is 3. The van der Waals surface area contributed by atoms with Crippen LogP contribution in [0.3, 0.4) is 0 Å². The van der Waals surface area contributed by atoms with E-state index < -0.39 is 41.4 Å². The molecule has 3 rings (SSSR count). The van der Waals surface area contributed by atoms with Crippen LogP contribution in [0.2, 0.25) is 0 Å². The summed E-state index contributed by atoms with van der Waals surface area (Å²) in [6.07, 6.45) is 1.40. The van der Waals surface area contributed by atoms with E-state index in [0.717, 1.165) is 16.8 Å². The van der Waals surface area contributed by atoms with Gasteiger partial charge in [0.05, 0.1) is 24.4 Å². The Balaban J connectivity index is 1.88. The summed E-state index contributed by atoms with van der Waals surface area (Å²) in [5.74, 6) is -5.53. The molecule has 0 fully saturated rings. The number of hydrogen-bond donors (Lipinski definition) is 2. The van der Waals surface area contributed by atoms with Gasteiger partial charge < -0.3 is 15.2 Å². The molecule has 0 saturated carbocycles. The Morgan fingerprint density at radius 3 is 2.72 bits per heavy atom. The van der Waals surface area contributed by atoms with Crippen molar-refractivity contribution < 1.29 is 27.8 Å². The number of pyridine rings is 1. The predicted octanol–water partition coefficient (Wildman–Crippen LogP) is 2.35. The average molecular weight is 448 g/mol. The molecule has 3 aromatic rings. The summed E-state index contributed by atoms with van der Waals surface area (Å²) in [7, 11) is 1.40.